The molecule has 2 aromatic carbocycles. The SMILES string of the molecule is CCCCOc1ccccc1NC(=O)CNc1cccc(NC(=O)C(C)(C)C)c1. The second kappa shape index (κ2) is 10.5. The Kier molecular flexibility index (Phi) is 8.07. The zero-order chi connectivity index (χ0) is 21.3. The fourth-order valence-corrected chi connectivity index (χ4v) is 2.42. The summed E-state index contributed by atoms with van der Waals surface area (Å²) in [6, 6.07) is 14.7. The van der Waals surface area contributed by atoms with Gasteiger partial charge in [-0.25, -0.2) is 0 Å². The van der Waals surface area contributed by atoms with Gasteiger partial charge in [-0.1, -0.05) is 52.3 Å². The lowest BCUT2D eigenvalue weighted by atomic mass is 9.95. The van der Waals surface area contributed by atoms with Crippen LogP contribution in [-0.2, 0) is 9.59 Å². The summed E-state index contributed by atoms with van der Waals surface area (Å²) >= 11 is 0. The first-order chi connectivity index (χ1) is 13.8. The molecule has 0 aliphatic rings. The molecule has 0 unspecified atom stereocenters. The number of nitrogens with one attached hydrogen (secondary N) is 3. The van der Waals surface area contributed by atoms with Gasteiger partial charge in [-0.2, -0.15) is 0 Å². The van der Waals surface area contributed by atoms with E-state index in [1.807, 2.05) is 63.2 Å². The van der Waals surface area contributed by atoms with Crippen molar-refractivity contribution >= 4 is 28.9 Å². The zero-order valence-corrected chi connectivity index (χ0v) is 17.7. The molecular formula is C23H31N3O3. The van der Waals surface area contributed by atoms with E-state index in [1.54, 1.807) is 6.07 Å². The van der Waals surface area contributed by atoms with Crippen LogP contribution < -0.4 is 20.7 Å². The van der Waals surface area contributed by atoms with Crippen LogP contribution in [0.25, 0.3) is 0 Å². The number of anilines is 3. The van der Waals surface area contributed by atoms with Gasteiger partial charge in [-0.05, 0) is 36.8 Å². The summed E-state index contributed by atoms with van der Waals surface area (Å²) in [5, 5.41) is 8.85. The van der Waals surface area contributed by atoms with Gasteiger partial charge in [-0.15, -0.1) is 0 Å². The number of hydrogen-bond acceptors (Lipinski definition) is 4. The largest absolute Gasteiger partial charge is 0.491 e. The van der Waals surface area contributed by atoms with Crippen LogP contribution in [0.3, 0.4) is 0 Å². The third kappa shape index (κ3) is 7.49. The maximum atomic E-state index is 12.4. The minimum atomic E-state index is -0.476. The number of benzene rings is 2. The van der Waals surface area contributed by atoms with E-state index < -0.39 is 5.41 Å². The number of carbonyl (C=O) groups is 2. The van der Waals surface area contributed by atoms with Crippen molar-refractivity contribution in [3.63, 3.8) is 0 Å². The molecule has 29 heavy (non-hydrogen) atoms. The van der Waals surface area contributed by atoms with E-state index in [2.05, 4.69) is 22.9 Å². The van der Waals surface area contributed by atoms with Crippen molar-refractivity contribution in [1.29, 1.82) is 0 Å². The molecule has 0 fully saturated rings. The van der Waals surface area contributed by atoms with Crippen molar-refractivity contribution in [2.75, 3.05) is 29.1 Å². The van der Waals surface area contributed by atoms with Gasteiger partial charge >= 0.3 is 0 Å². The molecule has 0 spiro atoms. The Morgan fingerprint density at radius 1 is 0.966 bits per heavy atom. The Labute approximate surface area is 173 Å². The monoisotopic (exact) mass is 397 g/mol. The summed E-state index contributed by atoms with van der Waals surface area (Å²) in [5.41, 5.74) is 1.61. The molecule has 0 saturated carbocycles. The minimum absolute atomic E-state index is 0.0629. The maximum Gasteiger partial charge on any atom is 0.243 e. The lowest BCUT2D eigenvalue weighted by molar-refractivity contribution is -0.123. The van der Waals surface area contributed by atoms with E-state index in [9.17, 15) is 9.59 Å². The second-order valence-corrected chi connectivity index (χ2v) is 7.88. The van der Waals surface area contributed by atoms with Crippen LogP contribution in [0, 0.1) is 5.41 Å². The van der Waals surface area contributed by atoms with Crippen LogP contribution in [0.1, 0.15) is 40.5 Å². The average molecular weight is 398 g/mol. The smallest absolute Gasteiger partial charge is 0.243 e. The Bertz CT molecular complexity index is 828. The Morgan fingerprint density at radius 2 is 1.69 bits per heavy atom. The van der Waals surface area contributed by atoms with Gasteiger partial charge in [-0.3, -0.25) is 9.59 Å². The van der Waals surface area contributed by atoms with Crippen molar-refractivity contribution < 1.29 is 14.3 Å². The summed E-state index contributed by atoms with van der Waals surface area (Å²) in [6.07, 6.45) is 2.01. The number of unbranched alkanes of at least 4 members (excludes halogenated alkanes) is 1. The Morgan fingerprint density at radius 3 is 2.41 bits per heavy atom. The van der Waals surface area contributed by atoms with Crippen LogP contribution in [0.2, 0.25) is 0 Å². The molecule has 0 aliphatic heterocycles. The molecule has 0 atom stereocenters. The number of carbonyl (C=O) groups excluding carboxylic acids is 2. The van der Waals surface area contributed by atoms with Gasteiger partial charge in [0.15, 0.2) is 0 Å². The first-order valence-corrected chi connectivity index (χ1v) is 9.96. The third-order valence-corrected chi connectivity index (χ3v) is 4.17. The maximum absolute atomic E-state index is 12.4. The molecule has 0 aromatic heterocycles. The molecule has 0 bridgehead atoms. The van der Waals surface area contributed by atoms with Crippen LogP contribution in [0.15, 0.2) is 48.5 Å². The van der Waals surface area contributed by atoms with Crippen molar-refractivity contribution in [2.24, 2.45) is 5.41 Å². The number of ether oxygens (including phenoxy) is 1. The van der Waals surface area contributed by atoms with Gasteiger partial charge in [0.2, 0.25) is 11.8 Å². The third-order valence-electron chi connectivity index (χ3n) is 4.17. The first kappa shape index (κ1) is 22.3. The highest BCUT2D eigenvalue weighted by Gasteiger charge is 2.21. The molecule has 2 amide bonds. The Balaban J connectivity index is 1.92. The normalized spacial score (nSPS) is 10.9. The van der Waals surface area contributed by atoms with Crippen LogP contribution in [0.5, 0.6) is 5.75 Å². The van der Waals surface area contributed by atoms with E-state index in [4.69, 9.17) is 4.74 Å². The standard InChI is InChI=1S/C23H31N3O3/c1-5-6-14-29-20-13-8-7-12-19(20)26-21(27)16-24-17-10-9-11-18(15-17)25-22(28)23(2,3)4/h7-13,15,24H,5-6,14,16H2,1-4H3,(H,25,28)(H,26,27). The predicted octanol–water partition coefficient (Wildman–Crippen LogP) is 4.90. The van der Waals surface area contributed by atoms with Crippen LogP contribution >= 0.6 is 0 Å². The van der Waals surface area contributed by atoms with E-state index in [1.165, 1.54) is 0 Å². The summed E-state index contributed by atoms with van der Waals surface area (Å²) in [5.74, 6) is 0.425. The lowest BCUT2D eigenvalue weighted by Crippen LogP contribution is -2.27. The lowest BCUT2D eigenvalue weighted by Gasteiger charge is -2.18. The average Bonchev–Trinajstić information content (AvgIpc) is 2.67. The molecule has 3 N–H and O–H groups in total. The Hall–Kier alpha value is -3.02. The van der Waals surface area contributed by atoms with Gasteiger partial charge in [0.05, 0.1) is 18.8 Å². The molecule has 0 aliphatic carbocycles. The molecule has 156 valence electrons. The molecular weight excluding hydrogens is 366 g/mol. The topological polar surface area (TPSA) is 79.5 Å². The molecule has 6 heteroatoms. The fourth-order valence-electron chi connectivity index (χ4n) is 2.42. The highest BCUT2D eigenvalue weighted by molar-refractivity contribution is 5.96. The van der Waals surface area contributed by atoms with E-state index >= 15 is 0 Å². The van der Waals surface area contributed by atoms with Crippen LogP contribution in [0.4, 0.5) is 17.1 Å². The first-order valence-electron chi connectivity index (χ1n) is 9.96. The highest BCUT2D eigenvalue weighted by Crippen LogP contribution is 2.24. The van der Waals surface area contributed by atoms with Crippen molar-refractivity contribution in [3.8, 4) is 5.75 Å². The van der Waals surface area contributed by atoms with E-state index in [0.29, 0.717) is 23.7 Å². The summed E-state index contributed by atoms with van der Waals surface area (Å²) in [4.78, 5) is 24.5. The minimum Gasteiger partial charge on any atom is -0.491 e. The van der Waals surface area contributed by atoms with E-state index in [0.717, 1.165) is 18.5 Å². The summed E-state index contributed by atoms with van der Waals surface area (Å²) in [7, 11) is 0. The predicted molar refractivity (Wildman–Crippen MR) is 118 cm³/mol. The number of para-hydroxylation sites is 2. The molecule has 6 nitrogen and oxygen atoms in total. The number of rotatable bonds is 9. The quantitative estimate of drug-likeness (QED) is 0.526. The highest BCUT2D eigenvalue weighted by atomic mass is 16.5. The zero-order valence-electron chi connectivity index (χ0n) is 17.7. The number of hydrogen-bond donors (Lipinski definition) is 3. The number of amides is 2. The molecule has 2 rings (SSSR count). The summed E-state index contributed by atoms with van der Waals surface area (Å²) < 4.78 is 5.75. The van der Waals surface area contributed by atoms with Crippen molar-refractivity contribution in [2.45, 2.75) is 40.5 Å². The fraction of sp³-hybridized carbons (Fsp3) is 0.391. The van der Waals surface area contributed by atoms with Gasteiger partial charge < -0.3 is 20.7 Å². The van der Waals surface area contributed by atoms with Crippen LogP contribution in [-0.4, -0.2) is 25.0 Å². The van der Waals surface area contributed by atoms with Crippen molar-refractivity contribution in [3.05, 3.63) is 48.5 Å². The second-order valence-electron chi connectivity index (χ2n) is 7.88. The van der Waals surface area contributed by atoms with Gasteiger partial charge in [0.1, 0.15) is 5.75 Å². The van der Waals surface area contributed by atoms with E-state index in [-0.39, 0.29) is 18.4 Å². The van der Waals surface area contributed by atoms with Gasteiger partial charge in [0.25, 0.3) is 0 Å². The summed E-state index contributed by atoms with van der Waals surface area (Å²) in [6.45, 7) is 8.40. The molecule has 0 heterocycles. The van der Waals surface area contributed by atoms with Crippen molar-refractivity contribution in [1.82, 2.24) is 0 Å². The molecule has 2 aromatic rings. The molecule has 0 saturated heterocycles. The van der Waals surface area contributed by atoms with Gasteiger partial charge in [0, 0.05) is 16.8 Å². The molecule has 0 radical (unpaired) electrons.